The lowest BCUT2D eigenvalue weighted by molar-refractivity contribution is 0.869. The minimum atomic E-state index is 0.173. The molecule has 0 atom stereocenters. The van der Waals surface area contributed by atoms with Crippen LogP contribution in [0.3, 0.4) is 0 Å². The molecule has 0 aliphatic rings. The third kappa shape index (κ3) is 4.06. The van der Waals surface area contributed by atoms with E-state index >= 15 is 0 Å². The Morgan fingerprint density at radius 1 is 0.960 bits per heavy atom. The Hall–Kier alpha value is -3.53. The molecule has 3 aromatic rings. The van der Waals surface area contributed by atoms with Crippen LogP contribution in [0, 0.1) is 11.3 Å². The molecule has 0 fully saturated rings. The van der Waals surface area contributed by atoms with E-state index in [1.807, 2.05) is 50.2 Å². The lowest BCUT2D eigenvalue weighted by atomic mass is 10.2. The van der Waals surface area contributed by atoms with E-state index in [1.165, 1.54) is 0 Å². The van der Waals surface area contributed by atoms with Gasteiger partial charge in [-0.2, -0.15) is 20.2 Å². The van der Waals surface area contributed by atoms with E-state index in [9.17, 15) is 5.26 Å². The van der Waals surface area contributed by atoms with Crippen LogP contribution in [0.15, 0.2) is 48.7 Å². The number of nitriles is 1. The summed E-state index contributed by atoms with van der Waals surface area (Å²) in [5.41, 5.74) is 1.71. The summed E-state index contributed by atoms with van der Waals surface area (Å²) >= 11 is 0. The molecule has 0 saturated heterocycles. The molecule has 2 aromatic heterocycles. The Balaban J connectivity index is 2.02. The fourth-order valence-corrected chi connectivity index (χ4v) is 2.19. The van der Waals surface area contributed by atoms with Crippen LogP contribution in [0.5, 0.6) is 0 Å². The summed E-state index contributed by atoms with van der Waals surface area (Å²) in [5, 5.41) is 15.4. The molecule has 0 spiro atoms. The molecule has 3 rings (SSSR count). The molecule has 7 heteroatoms. The van der Waals surface area contributed by atoms with Gasteiger partial charge in [0.1, 0.15) is 6.07 Å². The smallest absolute Gasteiger partial charge is 0.232 e. The van der Waals surface area contributed by atoms with E-state index in [4.69, 9.17) is 0 Å². The fourth-order valence-electron chi connectivity index (χ4n) is 2.19. The van der Waals surface area contributed by atoms with Gasteiger partial charge in [-0.25, -0.2) is 4.98 Å². The highest BCUT2D eigenvalue weighted by Crippen LogP contribution is 2.21. The van der Waals surface area contributed by atoms with Gasteiger partial charge in [-0.15, -0.1) is 0 Å². The first-order valence-corrected chi connectivity index (χ1v) is 7.86. The molecule has 2 heterocycles. The maximum Gasteiger partial charge on any atom is 0.232 e. The van der Waals surface area contributed by atoms with E-state index in [-0.39, 0.29) is 11.7 Å². The summed E-state index contributed by atoms with van der Waals surface area (Å²) in [6.07, 6.45) is 1.57. The van der Waals surface area contributed by atoms with Crippen LogP contribution in [0.2, 0.25) is 0 Å². The maximum absolute atomic E-state index is 9.18. The van der Waals surface area contributed by atoms with Gasteiger partial charge in [0.15, 0.2) is 11.5 Å². The van der Waals surface area contributed by atoms with E-state index in [0.29, 0.717) is 23.4 Å². The topological polar surface area (TPSA) is 99.4 Å². The molecule has 7 nitrogen and oxygen atoms in total. The molecule has 25 heavy (non-hydrogen) atoms. The van der Waals surface area contributed by atoms with Crippen molar-refractivity contribution in [2.24, 2.45) is 0 Å². The lowest BCUT2D eigenvalue weighted by Gasteiger charge is -2.12. The first-order valence-electron chi connectivity index (χ1n) is 7.86. The molecule has 0 aliphatic heterocycles. The number of benzene rings is 1. The molecule has 2 N–H and O–H groups in total. The van der Waals surface area contributed by atoms with Crippen molar-refractivity contribution in [1.29, 1.82) is 5.26 Å². The zero-order valence-corrected chi connectivity index (χ0v) is 13.9. The fraction of sp³-hybridized carbons (Fsp3) is 0.167. The van der Waals surface area contributed by atoms with Crippen LogP contribution < -0.4 is 10.6 Å². The van der Waals surface area contributed by atoms with E-state index in [1.54, 1.807) is 18.3 Å². The molecule has 0 saturated carbocycles. The van der Waals surface area contributed by atoms with Crippen molar-refractivity contribution in [2.75, 3.05) is 10.6 Å². The summed E-state index contributed by atoms with van der Waals surface area (Å²) in [6, 6.07) is 15.4. The van der Waals surface area contributed by atoms with E-state index in [0.717, 1.165) is 5.56 Å². The zero-order chi connectivity index (χ0) is 17.6. The van der Waals surface area contributed by atoms with Crippen LogP contribution in [0.4, 0.5) is 17.6 Å². The Morgan fingerprint density at radius 3 is 2.44 bits per heavy atom. The average Bonchev–Trinajstić information content (AvgIpc) is 2.62. The first kappa shape index (κ1) is 16.3. The van der Waals surface area contributed by atoms with Gasteiger partial charge in [-0.1, -0.05) is 30.3 Å². The van der Waals surface area contributed by atoms with Crippen molar-refractivity contribution >= 4 is 17.6 Å². The highest BCUT2D eigenvalue weighted by atomic mass is 15.2. The Bertz CT molecular complexity index is 901. The van der Waals surface area contributed by atoms with Crippen LogP contribution in [-0.4, -0.2) is 26.0 Å². The normalized spacial score (nSPS) is 10.3. The Kier molecular flexibility index (Phi) is 4.81. The Morgan fingerprint density at radius 2 is 1.72 bits per heavy atom. The van der Waals surface area contributed by atoms with Gasteiger partial charge in [-0.05, 0) is 26.0 Å². The predicted molar refractivity (Wildman–Crippen MR) is 96.3 cm³/mol. The van der Waals surface area contributed by atoms with Gasteiger partial charge in [0, 0.05) is 17.8 Å². The molecule has 1 aromatic carbocycles. The third-order valence-corrected chi connectivity index (χ3v) is 3.25. The number of pyridine rings is 1. The molecular formula is C18H17N7. The number of nitrogens with zero attached hydrogens (tertiary/aromatic N) is 5. The largest absolute Gasteiger partial charge is 0.352 e. The summed E-state index contributed by atoms with van der Waals surface area (Å²) in [6.45, 7) is 4.02. The van der Waals surface area contributed by atoms with Gasteiger partial charge in [-0.3, -0.25) is 0 Å². The zero-order valence-electron chi connectivity index (χ0n) is 13.9. The van der Waals surface area contributed by atoms with Crippen molar-refractivity contribution in [3.63, 3.8) is 0 Å². The molecule has 124 valence electrons. The van der Waals surface area contributed by atoms with Crippen LogP contribution in [0.1, 0.15) is 19.5 Å². The van der Waals surface area contributed by atoms with Crippen molar-refractivity contribution in [3.05, 3.63) is 54.4 Å². The average molecular weight is 331 g/mol. The van der Waals surface area contributed by atoms with Gasteiger partial charge >= 0.3 is 0 Å². The second kappa shape index (κ2) is 7.36. The molecular weight excluding hydrogens is 314 g/mol. The van der Waals surface area contributed by atoms with Crippen molar-refractivity contribution in [1.82, 2.24) is 19.9 Å². The van der Waals surface area contributed by atoms with Crippen molar-refractivity contribution in [3.8, 4) is 17.5 Å². The summed E-state index contributed by atoms with van der Waals surface area (Å²) in [4.78, 5) is 17.4. The molecule has 0 unspecified atom stereocenters. The van der Waals surface area contributed by atoms with Crippen molar-refractivity contribution in [2.45, 2.75) is 19.9 Å². The number of rotatable bonds is 5. The summed E-state index contributed by atoms with van der Waals surface area (Å²) < 4.78 is 0. The van der Waals surface area contributed by atoms with E-state index in [2.05, 4.69) is 30.6 Å². The highest BCUT2D eigenvalue weighted by molar-refractivity contribution is 5.63. The quantitative estimate of drug-likeness (QED) is 0.739. The number of anilines is 3. The summed E-state index contributed by atoms with van der Waals surface area (Å²) in [5.74, 6) is 1.36. The van der Waals surface area contributed by atoms with Crippen molar-refractivity contribution < 1.29 is 0 Å². The first-order chi connectivity index (χ1) is 12.2. The lowest BCUT2D eigenvalue weighted by Crippen LogP contribution is -2.14. The van der Waals surface area contributed by atoms with E-state index < -0.39 is 0 Å². The second-order valence-electron chi connectivity index (χ2n) is 5.61. The molecule has 0 radical (unpaired) electrons. The van der Waals surface area contributed by atoms with Crippen LogP contribution in [0.25, 0.3) is 11.4 Å². The SMILES string of the molecule is CC(C)Nc1nc(Nc2cccnc2C#N)nc(-c2ccccc2)n1. The second-order valence-corrected chi connectivity index (χ2v) is 5.61. The predicted octanol–water partition coefficient (Wildman–Crippen LogP) is 3.37. The molecule has 0 amide bonds. The van der Waals surface area contributed by atoms with Gasteiger partial charge in [0.05, 0.1) is 5.69 Å². The highest BCUT2D eigenvalue weighted by Gasteiger charge is 2.11. The maximum atomic E-state index is 9.18. The minimum Gasteiger partial charge on any atom is -0.352 e. The third-order valence-electron chi connectivity index (χ3n) is 3.25. The molecule has 0 bridgehead atoms. The Labute approximate surface area is 145 Å². The monoisotopic (exact) mass is 331 g/mol. The molecule has 0 aliphatic carbocycles. The standard InChI is InChI=1S/C18H17N7/c1-12(2)21-17-23-16(13-7-4-3-5-8-13)24-18(25-17)22-14-9-6-10-20-15(14)11-19/h3-10,12H,1-2H3,(H2,21,22,23,24,25). The van der Waals surface area contributed by atoms with Gasteiger partial charge < -0.3 is 10.6 Å². The van der Waals surface area contributed by atoms with Gasteiger partial charge in [0.2, 0.25) is 11.9 Å². The van der Waals surface area contributed by atoms with Gasteiger partial charge in [0.25, 0.3) is 0 Å². The minimum absolute atomic E-state index is 0.173. The number of aromatic nitrogens is 4. The van der Waals surface area contributed by atoms with Crippen LogP contribution >= 0.6 is 0 Å². The number of nitrogens with one attached hydrogen (secondary N) is 2. The number of hydrogen-bond donors (Lipinski definition) is 2. The summed E-state index contributed by atoms with van der Waals surface area (Å²) in [7, 11) is 0. The van der Waals surface area contributed by atoms with Crippen LogP contribution in [-0.2, 0) is 0 Å². The number of hydrogen-bond acceptors (Lipinski definition) is 7.